The summed E-state index contributed by atoms with van der Waals surface area (Å²) in [7, 11) is 0. The van der Waals surface area contributed by atoms with E-state index in [0.717, 1.165) is 38.4 Å². The lowest BCUT2D eigenvalue weighted by molar-refractivity contribution is 0.152. The van der Waals surface area contributed by atoms with Crippen molar-refractivity contribution in [2.24, 2.45) is 5.73 Å². The minimum atomic E-state index is 0.00734. The summed E-state index contributed by atoms with van der Waals surface area (Å²) in [6.07, 6.45) is 2.72. The van der Waals surface area contributed by atoms with Gasteiger partial charge in [-0.1, -0.05) is 0 Å². The van der Waals surface area contributed by atoms with Gasteiger partial charge in [-0.25, -0.2) is 0 Å². The fourth-order valence-corrected chi connectivity index (χ4v) is 1.77. The van der Waals surface area contributed by atoms with Crippen LogP contribution in [0.25, 0.3) is 0 Å². The molecule has 1 fully saturated rings. The van der Waals surface area contributed by atoms with Gasteiger partial charge in [-0.2, -0.15) is 0 Å². The van der Waals surface area contributed by atoms with Gasteiger partial charge < -0.3 is 15.4 Å². The van der Waals surface area contributed by atoms with Crippen LogP contribution in [-0.4, -0.2) is 37.1 Å². The molecule has 2 heterocycles. The normalized spacial score (nSPS) is 16.9. The van der Waals surface area contributed by atoms with E-state index in [1.807, 2.05) is 12.1 Å². The molecule has 0 aliphatic carbocycles. The molecular formula is C11H16N4O. The quantitative estimate of drug-likeness (QED) is 0.565. The fourth-order valence-electron chi connectivity index (χ4n) is 1.77. The van der Waals surface area contributed by atoms with Gasteiger partial charge in [0.15, 0.2) is 0 Å². The zero-order valence-corrected chi connectivity index (χ0v) is 9.15. The van der Waals surface area contributed by atoms with Crippen LogP contribution in [-0.2, 0) is 4.74 Å². The number of hydrogen-bond donors (Lipinski definition) is 2. The summed E-state index contributed by atoms with van der Waals surface area (Å²) >= 11 is 0. The van der Waals surface area contributed by atoms with Crippen LogP contribution in [0.4, 0.5) is 5.69 Å². The van der Waals surface area contributed by atoms with Crippen LogP contribution >= 0.6 is 0 Å². The smallest absolute Gasteiger partial charge is 0.141 e. The first-order valence-electron chi connectivity index (χ1n) is 5.40. The maximum atomic E-state index is 7.36. The number of hydrogen-bond acceptors (Lipinski definition) is 4. The maximum absolute atomic E-state index is 7.36. The van der Waals surface area contributed by atoms with Crippen molar-refractivity contribution in [1.82, 2.24) is 4.98 Å². The summed E-state index contributed by atoms with van der Waals surface area (Å²) in [6, 6.07) is 3.80. The molecule has 0 bridgehead atoms. The Morgan fingerprint density at radius 1 is 1.44 bits per heavy atom. The number of nitrogens with zero attached hydrogens (tertiary/aromatic N) is 2. The molecule has 1 saturated heterocycles. The first-order chi connectivity index (χ1) is 7.77. The number of nitrogens with two attached hydrogens (primary N) is 1. The maximum Gasteiger partial charge on any atom is 0.141 e. The van der Waals surface area contributed by atoms with Crippen LogP contribution in [0, 0.1) is 5.41 Å². The summed E-state index contributed by atoms with van der Waals surface area (Å²) in [4.78, 5) is 6.29. The third kappa shape index (κ3) is 2.49. The van der Waals surface area contributed by atoms with Crippen molar-refractivity contribution in [3.8, 4) is 0 Å². The Hall–Kier alpha value is -1.62. The van der Waals surface area contributed by atoms with E-state index in [1.54, 1.807) is 6.20 Å². The van der Waals surface area contributed by atoms with E-state index < -0.39 is 0 Å². The Balaban J connectivity index is 2.18. The predicted octanol–water partition coefficient (Wildman–Crippen LogP) is 0.592. The molecule has 0 saturated carbocycles. The van der Waals surface area contributed by atoms with Crippen LogP contribution in [0.5, 0.6) is 0 Å². The number of rotatable bonds is 2. The molecule has 1 aromatic rings. The molecule has 2 rings (SSSR count). The highest BCUT2D eigenvalue weighted by molar-refractivity contribution is 5.93. The van der Waals surface area contributed by atoms with E-state index in [0.29, 0.717) is 5.69 Å². The average molecular weight is 220 g/mol. The lowest BCUT2D eigenvalue weighted by Gasteiger charge is -2.22. The number of pyridine rings is 1. The zero-order valence-electron chi connectivity index (χ0n) is 9.15. The number of nitrogen functional groups attached to an aromatic ring is 1. The van der Waals surface area contributed by atoms with E-state index in [2.05, 4.69) is 9.88 Å². The van der Waals surface area contributed by atoms with Gasteiger partial charge in [-0.05, 0) is 18.6 Å². The fraction of sp³-hybridized carbons (Fsp3) is 0.455. The molecule has 1 aromatic heterocycles. The Bertz CT molecular complexity index is 372. The molecule has 1 aliphatic heterocycles. The second kappa shape index (κ2) is 4.94. The second-order valence-electron chi connectivity index (χ2n) is 3.77. The highest BCUT2D eigenvalue weighted by Crippen LogP contribution is 2.15. The highest BCUT2D eigenvalue weighted by Gasteiger charge is 2.11. The number of anilines is 1. The molecule has 0 unspecified atom stereocenters. The van der Waals surface area contributed by atoms with E-state index in [9.17, 15) is 0 Å². The molecule has 1 aliphatic rings. The SMILES string of the molecule is N=C(N)c1cc(N2CCCOCC2)ccn1. The second-order valence-corrected chi connectivity index (χ2v) is 3.77. The summed E-state index contributed by atoms with van der Waals surface area (Å²) in [5.41, 5.74) is 7.01. The first kappa shape index (κ1) is 10.9. The number of amidine groups is 1. The van der Waals surface area contributed by atoms with Crippen molar-refractivity contribution in [2.45, 2.75) is 6.42 Å². The highest BCUT2D eigenvalue weighted by atomic mass is 16.5. The molecule has 3 N–H and O–H groups in total. The first-order valence-corrected chi connectivity index (χ1v) is 5.40. The zero-order chi connectivity index (χ0) is 11.4. The molecule has 5 nitrogen and oxygen atoms in total. The molecular weight excluding hydrogens is 204 g/mol. The van der Waals surface area contributed by atoms with E-state index in [1.165, 1.54) is 0 Å². The standard InChI is InChI=1S/C11H16N4O/c12-11(13)10-8-9(2-3-14-10)15-4-1-6-16-7-5-15/h2-3,8H,1,4-7H2,(H3,12,13). The average Bonchev–Trinajstić information content (AvgIpc) is 2.57. The van der Waals surface area contributed by atoms with Gasteiger partial charge in [0.2, 0.25) is 0 Å². The minimum Gasteiger partial charge on any atom is -0.382 e. The van der Waals surface area contributed by atoms with Crippen LogP contribution in [0.1, 0.15) is 12.1 Å². The summed E-state index contributed by atoms with van der Waals surface area (Å²) in [5, 5.41) is 7.36. The van der Waals surface area contributed by atoms with E-state index in [4.69, 9.17) is 15.9 Å². The molecule has 0 radical (unpaired) electrons. The van der Waals surface area contributed by atoms with Crippen molar-refractivity contribution in [3.63, 3.8) is 0 Å². The summed E-state index contributed by atoms with van der Waals surface area (Å²) in [5.74, 6) is 0.00734. The van der Waals surface area contributed by atoms with Gasteiger partial charge in [-0.15, -0.1) is 0 Å². The Kier molecular flexibility index (Phi) is 3.36. The Labute approximate surface area is 94.7 Å². The van der Waals surface area contributed by atoms with Crippen LogP contribution in [0.3, 0.4) is 0 Å². The lowest BCUT2D eigenvalue weighted by atomic mass is 10.2. The van der Waals surface area contributed by atoms with Crippen molar-refractivity contribution in [1.29, 1.82) is 5.41 Å². The van der Waals surface area contributed by atoms with Gasteiger partial charge in [0.25, 0.3) is 0 Å². The van der Waals surface area contributed by atoms with Gasteiger partial charge in [-0.3, -0.25) is 10.4 Å². The molecule has 0 spiro atoms. The number of ether oxygens (including phenoxy) is 1. The largest absolute Gasteiger partial charge is 0.382 e. The third-order valence-electron chi connectivity index (χ3n) is 2.61. The molecule has 16 heavy (non-hydrogen) atoms. The predicted molar refractivity (Wildman–Crippen MR) is 62.9 cm³/mol. The number of nitrogens with one attached hydrogen (secondary N) is 1. The van der Waals surface area contributed by atoms with E-state index >= 15 is 0 Å². The third-order valence-corrected chi connectivity index (χ3v) is 2.61. The van der Waals surface area contributed by atoms with Gasteiger partial charge >= 0.3 is 0 Å². The summed E-state index contributed by atoms with van der Waals surface area (Å²) in [6.45, 7) is 3.42. The van der Waals surface area contributed by atoms with Gasteiger partial charge in [0, 0.05) is 31.6 Å². The topological polar surface area (TPSA) is 75.2 Å². The minimum absolute atomic E-state index is 0.00734. The van der Waals surface area contributed by atoms with Gasteiger partial charge in [0.05, 0.1) is 6.61 Å². The molecule has 86 valence electrons. The molecule has 5 heteroatoms. The van der Waals surface area contributed by atoms with Crippen LogP contribution in [0.2, 0.25) is 0 Å². The van der Waals surface area contributed by atoms with Crippen molar-refractivity contribution in [2.75, 3.05) is 31.2 Å². The van der Waals surface area contributed by atoms with E-state index in [-0.39, 0.29) is 5.84 Å². The Morgan fingerprint density at radius 3 is 3.12 bits per heavy atom. The molecule has 0 amide bonds. The lowest BCUT2D eigenvalue weighted by Crippen LogP contribution is -2.26. The summed E-state index contributed by atoms with van der Waals surface area (Å²) < 4.78 is 5.40. The van der Waals surface area contributed by atoms with Crippen molar-refractivity contribution in [3.05, 3.63) is 24.0 Å². The van der Waals surface area contributed by atoms with Crippen molar-refractivity contribution >= 4 is 11.5 Å². The number of aromatic nitrogens is 1. The van der Waals surface area contributed by atoms with Gasteiger partial charge in [0.1, 0.15) is 11.5 Å². The monoisotopic (exact) mass is 220 g/mol. The molecule has 0 atom stereocenters. The van der Waals surface area contributed by atoms with Crippen LogP contribution in [0.15, 0.2) is 18.3 Å². The Morgan fingerprint density at radius 2 is 2.31 bits per heavy atom. The molecule has 0 aromatic carbocycles. The van der Waals surface area contributed by atoms with Crippen molar-refractivity contribution < 1.29 is 4.74 Å². The van der Waals surface area contributed by atoms with Crippen LogP contribution < -0.4 is 10.6 Å².